The number of sulfone groups is 1. The van der Waals surface area contributed by atoms with E-state index in [0.29, 0.717) is 17.5 Å². The van der Waals surface area contributed by atoms with Gasteiger partial charge in [0.2, 0.25) is 0 Å². The first-order valence-electron chi connectivity index (χ1n) is 6.33. The minimum absolute atomic E-state index is 0.129. The third kappa shape index (κ3) is 3.99. The van der Waals surface area contributed by atoms with Crippen molar-refractivity contribution < 1.29 is 8.42 Å². The predicted octanol–water partition coefficient (Wildman–Crippen LogP) is 2.02. The minimum Gasteiger partial charge on any atom is -0.382 e. The molecule has 0 fully saturated rings. The Morgan fingerprint density at radius 2 is 1.83 bits per heavy atom. The lowest BCUT2D eigenvalue weighted by Crippen LogP contribution is -2.22. The summed E-state index contributed by atoms with van der Waals surface area (Å²) in [5.74, 6) is 0.129. The second-order valence-electron chi connectivity index (χ2n) is 4.25. The lowest BCUT2D eigenvalue weighted by atomic mass is 10.1. The zero-order valence-corrected chi connectivity index (χ0v) is 11.8. The number of anilines is 1. The van der Waals surface area contributed by atoms with Gasteiger partial charge in [0.25, 0.3) is 0 Å². The molecule has 1 unspecified atom stereocenters. The maximum absolute atomic E-state index is 11.7. The van der Waals surface area contributed by atoms with Crippen LogP contribution in [0.15, 0.2) is 29.2 Å². The van der Waals surface area contributed by atoms with Crippen LogP contribution in [-0.2, 0) is 9.84 Å². The van der Waals surface area contributed by atoms with E-state index in [4.69, 9.17) is 5.73 Å². The Morgan fingerprint density at radius 3 is 2.28 bits per heavy atom. The fourth-order valence-corrected chi connectivity index (χ4v) is 2.62. The van der Waals surface area contributed by atoms with Gasteiger partial charge in [-0.05, 0) is 43.7 Å². The second-order valence-corrected chi connectivity index (χ2v) is 6.53. The highest BCUT2D eigenvalue weighted by molar-refractivity contribution is 7.91. The maximum atomic E-state index is 11.7. The van der Waals surface area contributed by atoms with E-state index < -0.39 is 9.84 Å². The fourth-order valence-electron chi connectivity index (χ4n) is 1.74. The SMILES string of the molecule is CCC(CCN)Nc1ccc(S(=O)(=O)CC)cc1. The van der Waals surface area contributed by atoms with Crippen LogP contribution in [0.4, 0.5) is 5.69 Å². The molecule has 1 rings (SSSR count). The van der Waals surface area contributed by atoms with E-state index in [-0.39, 0.29) is 5.75 Å². The Labute approximate surface area is 110 Å². The Balaban J connectivity index is 2.77. The highest BCUT2D eigenvalue weighted by Gasteiger charge is 2.11. The van der Waals surface area contributed by atoms with E-state index in [2.05, 4.69) is 12.2 Å². The number of nitrogens with one attached hydrogen (secondary N) is 1. The van der Waals surface area contributed by atoms with Gasteiger partial charge in [-0.25, -0.2) is 8.42 Å². The first kappa shape index (κ1) is 15.0. The Kier molecular flexibility index (Phi) is 5.62. The van der Waals surface area contributed by atoms with Gasteiger partial charge in [-0.3, -0.25) is 0 Å². The number of nitrogens with two attached hydrogens (primary N) is 1. The largest absolute Gasteiger partial charge is 0.382 e. The molecule has 0 aliphatic heterocycles. The summed E-state index contributed by atoms with van der Waals surface area (Å²) in [6.45, 7) is 4.40. The summed E-state index contributed by atoms with van der Waals surface area (Å²) in [5.41, 5.74) is 6.47. The molecular formula is C13H22N2O2S. The van der Waals surface area contributed by atoms with E-state index in [0.717, 1.165) is 18.5 Å². The van der Waals surface area contributed by atoms with Crippen molar-refractivity contribution in [3.63, 3.8) is 0 Å². The number of rotatable bonds is 7. The first-order valence-corrected chi connectivity index (χ1v) is 7.98. The summed E-state index contributed by atoms with van der Waals surface area (Å²) in [4.78, 5) is 0.377. The van der Waals surface area contributed by atoms with Gasteiger partial charge in [0.05, 0.1) is 10.6 Å². The smallest absolute Gasteiger partial charge is 0.178 e. The zero-order valence-electron chi connectivity index (χ0n) is 11.0. The fraction of sp³-hybridized carbons (Fsp3) is 0.538. The van der Waals surface area contributed by atoms with Crippen LogP contribution in [0.3, 0.4) is 0 Å². The lowest BCUT2D eigenvalue weighted by molar-refractivity contribution is 0.597. The molecule has 0 aliphatic carbocycles. The molecule has 0 bridgehead atoms. The van der Waals surface area contributed by atoms with Gasteiger partial charge in [-0.15, -0.1) is 0 Å². The number of hydrogen-bond acceptors (Lipinski definition) is 4. The van der Waals surface area contributed by atoms with Gasteiger partial charge in [0, 0.05) is 11.7 Å². The molecule has 0 amide bonds. The molecule has 5 heteroatoms. The second kappa shape index (κ2) is 6.75. The van der Waals surface area contributed by atoms with Crippen LogP contribution in [-0.4, -0.2) is 26.8 Å². The molecule has 1 atom stereocenters. The van der Waals surface area contributed by atoms with Gasteiger partial charge < -0.3 is 11.1 Å². The van der Waals surface area contributed by atoms with Crippen LogP contribution < -0.4 is 11.1 Å². The minimum atomic E-state index is -3.11. The van der Waals surface area contributed by atoms with E-state index >= 15 is 0 Å². The summed E-state index contributed by atoms with van der Waals surface area (Å²) >= 11 is 0. The van der Waals surface area contributed by atoms with Crippen molar-refractivity contribution in [1.82, 2.24) is 0 Å². The average Bonchev–Trinajstić information content (AvgIpc) is 2.39. The van der Waals surface area contributed by atoms with Crippen LogP contribution in [0.5, 0.6) is 0 Å². The predicted molar refractivity (Wildman–Crippen MR) is 75.5 cm³/mol. The van der Waals surface area contributed by atoms with Crippen molar-refractivity contribution >= 4 is 15.5 Å². The van der Waals surface area contributed by atoms with E-state index in [1.54, 1.807) is 19.1 Å². The molecule has 0 aromatic heterocycles. The van der Waals surface area contributed by atoms with E-state index in [1.165, 1.54) is 0 Å². The van der Waals surface area contributed by atoms with Crippen molar-refractivity contribution in [1.29, 1.82) is 0 Å². The first-order chi connectivity index (χ1) is 8.53. The molecule has 3 N–H and O–H groups in total. The summed E-state index contributed by atoms with van der Waals surface area (Å²) in [7, 11) is -3.11. The summed E-state index contributed by atoms with van der Waals surface area (Å²) in [6.07, 6.45) is 1.90. The van der Waals surface area contributed by atoms with Crippen LogP contribution >= 0.6 is 0 Å². The molecule has 0 radical (unpaired) electrons. The van der Waals surface area contributed by atoms with E-state index in [9.17, 15) is 8.42 Å². The zero-order chi connectivity index (χ0) is 13.6. The molecule has 4 nitrogen and oxygen atoms in total. The van der Waals surface area contributed by atoms with Gasteiger partial charge >= 0.3 is 0 Å². The molecule has 1 aromatic carbocycles. The molecule has 0 aliphatic rings. The summed E-state index contributed by atoms with van der Waals surface area (Å²) in [6, 6.07) is 7.25. The van der Waals surface area contributed by atoms with E-state index in [1.807, 2.05) is 12.1 Å². The van der Waals surface area contributed by atoms with Gasteiger partial charge in [-0.2, -0.15) is 0 Å². The summed E-state index contributed by atoms with van der Waals surface area (Å²) in [5, 5.41) is 3.35. The normalized spacial score (nSPS) is 13.3. The Bertz CT molecular complexity index is 454. The average molecular weight is 270 g/mol. The lowest BCUT2D eigenvalue weighted by Gasteiger charge is -2.17. The van der Waals surface area contributed by atoms with Gasteiger partial charge in [0.15, 0.2) is 9.84 Å². The molecule has 0 heterocycles. The third-order valence-electron chi connectivity index (χ3n) is 2.97. The molecule has 102 valence electrons. The van der Waals surface area contributed by atoms with Crippen molar-refractivity contribution in [3.8, 4) is 0 Å². The Hall–Kier alpha value is -1.07. The monoisotopic (exact) mass is 270 g/mol. The quantitative estimate of drug-likeness (QED) is 0.795. The molecular weight excluding hydrogens is 248 g/mol. The van der Waals surface area contributed by atoms with Crippen molar-refractivity contribution in [2.45, 2.75) is 37.6 Å². The standard InChI is InChI=1S/C13H22N2O2S/c1-3-11(9-10-14)15-12-5-7-13(8-6-12)18(16,17)4-2/h5-8,11,15H,3-4,9-10,14H2,1-2H3. The number of hydrogen-bond donors (Lipinski definition) is 2. The van der Waals surface area contributed by atoms with Crippen LogP contribution in [0.25, 0.3) is 0 Å². The van der Waals surface area contributed by atoms with Crippen molar-refractivity contribution in [3.05, 3.63) is 24.3 Å². The van der Waals surface area contributed by atoms with Crippen molar-refractivity contribution in [2.24, 2.45) is 5.73 Å². The van der Waals surface area contributed by atoms with Crippen LogP contribution in [0.1, 0.15) is 26.7 Å². The molecule has 18 heavy (non-hydrogen) atoms. The molecule has 0 saturated carbocycles. The highest BCUT2D eigenvalue weighted by Crippen LogP contribution is 2.17. The molecule has 0 spiro atoms. The van der Waals surface area contributed by atoms with Crippen LogP contribution in [0, 0.1) is 0 Å². The van der Waals surface area contributed by atoms with Gasteiger partial charge in [0.1, 0.15) is 0 Å². The molecule has 1 aromatic rings. The van der Waals surface area contributed by atoms with Crippen LogP contribution in [0.2, 0.25) is 0 Å². The topological polar surface area (TPSA) is 72.2 Å². The maximum Gasteiger partial charge on any atom is 0.178 e. The molecule has 0 saturated heterocycles. The third-order valence-corrected chi connectivity index (χ3v) is 4.72. The Morgan fingerprint density at radius 1 is 1.22 bits per heavy atom. The van der Waals surface area contributed by atoms with Crippen molar-refractivity contribution in [2.75, 3.05) is 17.6 Å². The summed E-state index contributed by atoms with van der Waals surface area (Å²) < 4.78 is 23.3. The highest BCUT2D eigenvalue weighted by atomic mass is 32.2. The number of benzene rings is 1. The van der Waals surface area contributed by atoms with Gasteiger partial charge in [-0.1, -0.05) is 13.8 Å².